The number of aromatic nitrogens is 2. The molecular weight excluding hydrogens is 144 g/mol. The van der Waals surface area contributed by atoms with Gasteiger partial charge >= 0.3 is 5.76 Å². The molecule has 0 atom stereocenters. The summed E-state index contributed by atoms with van der Waals surface area (Å²) in [4.78, 5) is 10.8. The average molecular weight is 154 g/mol. The van der Waals surface area contributed by atoms with Gasteiger partial charge in [-0.2, -0.15) is 4.68 Å². The summed E-state index contributed by atoms with van der Waals surface area (Å²) in [5.74, 6) is 0.220. The maximum absolute atomic E-state index is 10.8. The first-order valence-corrected chi connectivity index (χ1v) is 3.66. The van der Waals surface area contributed by atoms with Crippen molar-refractivity contribution in [2.24, 2.45) is 7.05 Å². The zero-order valence-electron chi connectivity index (χ0n) is 6.63. The minimum atomic E-state index is -0.367. The largest absolute Gasteiger partial charge is 0.436 e. The number of aryl methyl sites for hydroxylation is 1. The molecule has 1 fully saturated rings. The quantitative estimate of drug-likeness (QED) is 0.589. The molecule has 4 nitrogen and oxygen atoms in total. The Kier molecular flexibility index (Phi) is 1.06. The highest BCUT2D eigenvalue weighted by Gasteiger charge is 2.44. The van der Waals surface area contributed by atoms with Gasteiger partial charge in [0.05, 0.1) is 0 Å². The summed E-state index contributed by atoms with van der Waals surface area (Å²) in [6, 6.07) is 0. The standard InChI is InChI=1S/C7H10N2O2/c1-7(3-4-7)5-8-9(2)6(10)11-5/h3-4H2,1-2H3. The third kappa shape index (κ3) is 0.895. The second-order valence-electron chi connectivity index (χ2n) is 3.36. The van der Waals surface area contributed by atoms with E-state index in [0.717, 1.165) is 12.8 Å². The van der Waals surface area contributed by atoms with Gasteiger partial charge in [0.25, 0.3) is 0 Å². The highest BCUT2D eigenvalue weighted by molar-refractivity contribution is 5.10. The molecule has 0 radical (unpaired) electrons. The molecule has 1 aliphatic carbocycles. The lowest BCUT2D eigenvalue weighted by Crippen LogP contribution is -2.10. The van der Waals surface area contributed by atoms with Crippen molar-refractivity contribution in [3.8, 4) is 0 Å². The molecule has 0 unspecified atom stereocenters. The minimum Gasteiger partial charge on any atom is -0.392 e. The van der Waals surface area contributed by atoms with Crippen LogP contribution in [0.4, 0.5) is 0 Å². The van der Waals surface area contributed by atoms with Gasteiger partial charge in [-0.1, -0.05) is 6.92 Å². The van der Waals surface area contributed by atoms with Crippen LogP contribution in [-0.4, -0.2) is 9.78 Å². The van der Waals surface area contributed by atoms with Gasteiger partial charge in [-0.15, -0.1) is 5.10 Å². The molecule has 1 heterocycles. The molecular formula is C7H10N2O2. The Labute approximate surface area is 63.8 Å². The van der Waals surface area contributed by atoms with Crippen molar-refractivity contribution in [1.82, 2.24) is 9.78 Å². The number of nitrogens with zero attached hydrogens (tertiary/aromatic N) is 2. The van der Waals surface area contributed by atoms with Gasteiger partial charge < -0.3 is 4.42 Å². The van der Waals surface area contributed by atoms with Gasteiger partial charge in [-0.25, -0.2) is 4.79 Å². The predicted octanol–water partition coefficient (Wildman–Crippen LogP) is 0.425. The Morgan fingerprint density at radius 2 is 2.27 bits per heavy atom. The molecule has 0 saturated heterocycles. The summed E-state index contributed by atoms with van der Waals surface area (Å²) >= 11 is 0. The van der Waals surface area contributed by atoms with Crippen LogP contribution in [0.3, 0.4) is 0 Å². The average Bonchev–Trinajstić information content (AvgIpc) is 2.59. The molecule has 0 aromatic carbocycles. The number of hydrogen-bond acceptors (Lipinski definition) is 3. The molecule has 0 amide bonds. The lowest BCUT2D eigenvalue weighted by molar-refractivity contribution is 0.421. The summed E-state index contributed by atoms with van der Waals surface area (Å²) in [6.07, 6.45) is 2.15. The fourth-order valence-electron chi connectivity index (χ4n) is 0.992. The van der Waals surface area contributed by atoms with Crippen molar-refractivity contribution in [2.45, 2.75) is 25.2 Å². The molecule has 1 aliphatic rings. The smallest absolute Gasteiger partial charge is 0.392 e. The third-order valence-corrected chi connectivity index (χ3v) is 2.21. The Bertz CT molecular complexity index is 332. The third-order valence-electron chi connectivity index (χ3n) is 2.21. The fraction of sp³-hybridized carbons (Fsp3) is 0.714. The van der Waals surface area contributed by atoms with E-state index in [2.05, 4.69) is 12.0 Å². The summed E-state index contributed by atoms with van der Waals surface area (Å²) in [5, 5.41) is 3.98. The molecule has 2 rings (SSSR count). The second-order valence-corrected chi connectivity index (χ2v) is 3.36. The van der Waals surface area contributed by atoms with E-state index in [1.54, 1.807) is 7.05 Å². The lowest BCUT2D eigenvalue weighted by atomic mass is 10.1. The highest BCUT2D eigenvalue weighted by Crippen LogP contribution is 2.46. The van der Waals surface area contributed by atoms with Gasteiger partial charge in [0.2, 0.25) is 5.89 Å². The normalized spacial score (nSPS) is 20.2. The summed E-state index contributed by atoms with van der Waals surface area (Å²) in [5.41, 5.74) is 0.0560. The van der Waals surface area contributed by atoms with Crippen LogP contribution >= 0.6 is 0 Å². The second kappa shape index (κ2) is 1.75. The summed E-state index contributed by atoms with van der Waals surface area (Å²) in [7, 11) is 1.60. The Hall–Kier alpha value is -1.06. The first kappa shape index (κ1) is 6.64. The van der Waals surface area contributed by atoms with E-state index in [1.807, 2.05) is 0 Å². The summed E-state index contributed by atoms with van der Waals surface area (Å²) in [6.45, 7) is 2.05. The molecule has 1 aromatic heterocycles. The maximum atomic E-state index is 10.8. The van der Waals surface area contributed by atoms with Crippen molar-refractivity contribution >= 4 is 0 Å². The van der Waals surface area contributed by atoms with Gasteiger partial charge in [0.15, 0.2) is 0 Å². The SMILES string of the molecule is Cn1nc(C2(C)CC2)oc1=O. The molecule has 0 N–H and O–H groups in total. The number of hydrogen-bond donors (Lipinski definition) is 0. The molecule has 0 aliphatic heterocycles. The molecule has 0 spiro atoms. The Balaban J connectivity index is 2.47. The van der Waals surface area contributed by atoms with Crippen LogP contribution < -0.4 is 5.76 Å². The van der Waals surface area contributed by atoms with Gasteiger partial charge in [0, 0.05) is 12.5 Å². The van der Waals surface area contributed by atoms with Gasteiger partial charge in [-0.05, 0) is 12.8 Å². The first-order chi connectivity index (χ1) is 5.12. The van der Waals surface area contributed by atoms with Gasteiger partial charge in [-0.3, -0.25) is 0 Å². The van der Waals surface area contributed by atoms with Crippen LogP contribution in [-0.2, 0) is 12.5 Å². The Morgan fingerprint density at radius 3 is 2.64 bits per heavy atom. The minimum absolute atomic E-state index is 0.0560. The monoisotopic (exact) mass is 154 g/mol. The van der Waals surface area contributed by atoms with Crippen molar-refractivity contribution in [3.63, 3.8) is 0 Å². The molecule has 1 saturated carbocycles. The molecule has 1 aromatic rings. The zero-order valence-corrected chi connectivity index (χ0v) is 6.63. The van der Waals surface area contributed by atoms with Gasteiger partial charge in [0.1, 0.15) is 0 Å². The van der Waals surface area contributed by atoms with Crippen LogP contribution in [0.2, 0.25) is 0 Å². The fourth-order valence-corrected chi connectivity index (χ4v) is 0.992. The van der Waals surface area contributed by atoms with E-state index >= 15 is 0 Å². The van der Waals surface area contributed by atoms with E-state index in [0.29, 0.717) is 5.89 Å². The van der Waals surface area contributed by atoms with E-state index in [9.17, 15) is 4.79 Å². The van der Waals surface area contributed by atoms with E-state index < -0.39 is 0 Å². The molecule has 11 heavy (non-hydrogen) atoms. The maximum Gasteiger partial charge on any atom is 0.436 e. The van der Waals surface area contributed by atoms with Crippen LogP contribution in [0, 0.1) is 0 Å². The Morgan fingerprint density at radius 1 is 1.64 bits per heavy atom. The number of rotatable bonds is 1. The predicted molar refractivity (Wildman–Crippen MR) is 38.3 cm³/mol. The molecule has 0 bridgehead atoms. The van der Waals surface area contributed by atoms with Crippen LogP contribution in [0.15, 0.2) is 9.21 Å². The topological polar surface area (TPSA) is 48.0 Å². The highest BCUT2D eigenvalue weighted by atomic mass is 16.4. The van der Waals surface area contributed by atoms with Crippen molar-refractivity contribution in [2.75, 3.05) is 0 Å². The zero-order chi connectivity index (χ0) is 8.06. The van der Waals surface area contributed by atoms with E-state index in [-0.39, 0.29) is 11.2 Å². The van der Waals surface area contributed by atoms with Crippen molar-refractivity contribution < 1.29 is 4.42 Å². The molecule has 60 valence electrons. The van der Waals surface area contributed by atoms with Crippen molar-refractivity contribution in [3.05, 3.63) is 16.4 Å². The lowest BCUT2D eigenvalue weighted by Gasteiger charge is -1.96. The van der Waals surface area contributed by atoms with E-state index in [4.69, 9.17) is 4.42 Å². The van der Waals surface area contributed by atoms with E-state index in [1.165, 1.54) is 4.68 Å². The van der Waals surface area contributed by atoms with Crippen LogP contribution in [0.1, 0.15) is 25.7 Å². The van der Waals surface area contributed by atoms with Crippen LogP contribution in [0.25, 0.3) is 0 Å². The summed E-state index contributed by atoms with van der Waals surface area (Å²) < 4.78 is 6.17. The first-order valence-electron chi connectivity index (χ1n) is 3.66. The molecule has 4 heteroatoms. The van der Waals surface area contributed by atoms with Crippen molar-refractivity contribution in [1.29, 1.82) is 0 Å². The van der Waals surface area contributed by atoms with Crippen LogP contribution in [0.5, 0.6) is 0 Å².